The maximum absolute atomic E-state index is 3.72. The molecule has 0 aromatic heterocycles. The molecule has 1 aliphatic carbocycles. The first kappa shape index (κ1) is 39.0. The van der Waals surface area contributed by atoms with E-state index in [9.17, 15) is 0 Å². The van der Waals surface area contributed by atoms with Gasteiger partial charge in [0.1, 0.15) is 0 Å². The van der Waals surface area contributed by atoms with Crippen LogP contribution in [0.2, 0.25) is 0 Å². The first-order valence-corrected chi connectivity index (χ1v) is 17.6. The highest BCUT2D eigenvalue weighted by atomic mass is 14.4. The minimum atomic E-state index is -0.0444. The molecule has 0 fully saturated rings. The van der Waals surface area contributed by atoms with Crippen LogP contribution in [0.4, 0.5) is 0 Å². The van der Waals surface area contributed by atoms with Crippen molar-refractivity contribution in [3.8, 4) is 22.3 Å². The van der Waals surface area contributed by atoms with Crippen molar-refractivity contribution in [3.05, 3.63) is 217 Å². The number of rotatable bonds is 10. The first-order chi connectivity index (χ1) is 24.4. The Morgan fingerprint density at radius 1 is 0.540 bits per heavy atom. The summed E-state index contributed by atoms with van der Waals surface area (Å²) < 4.78 is 0. The van der Waals surface area contributed by atoms with Gasteiger partial charge in [-0.05, 0) is 84.7 Å². The van der Waals surface area contributed by atoms with Gasteiger partial charge in [0.2, 0.25) is 0 Å². The van der Waals surface area contributed by atoms with Gasteiger partial charge in [-0.15, -0.1) is 0 Å². The van der Waals surface area contributed by atoms with Crippen molar-refractivity contribution in [2.75, 3.05) is 0 Å². The molecule has 1 aliphatic rings. The van der Waals surface area contributed by atoms with Gasteiger partial charge in [0.25, 0.3) is 0 Å². The van der Waals surface area contributed by atoms with Crippen LogP contribution in [0.3, 0.4) is 0 Å². The number of fused-ring (bicyclic) bond motifs is 3. The van der Waals surface area contributed by atoms with Crippen LogP contribution in [0.5, 0.6) is 0 Å². The highest BCUT2D eigenvalue weighted by Crippen LogP contribution is 2.50. The third-order valence-electron chi connectivity index (χ3n) is 8.29. The second kappa shape index (κ2) is 21.5. The number of aryl methyl sites for hydroxylation is 1. The second-order valence-corrected chi connectivity index (χ2v) is 12.4. The lowest BCUT2D eigenvalue weighted by Gasteiger charge is -2.22. The Morgan fingerprint density at radius 2 is 1.12 bits per heavy atom. The summed E-state index contributed by atoms with van der Waals surface area (Å²) in [6.45, 7) is 16.5. The van der Waals surface area contributed by atoms with Crippen molar-refractivity contribution in [3.63, 3.8) is 0 Å². The maximum atomic E-state index is 3.72. The molecule has 0 unspecified atom stereocenters. The van der Waals surface area contributed by atoms with Crippen molar-refractivity contribution >= 4 is 12.2 Å². The Balaban J connectivity index is 0.000000307. The van der Waals surface area contributed by atoms with Gasteiger partial charge < -0.3 is 0 Å². The Labute approximate surface area is 303 Å². The molecule has 0 N–H and O–H groups in total. The van der Waals surface area contributed by atoms with E-state index < -0.39 is 0 Å². The van der Waals surface area contributed by atoms with Gasteiger partial charge in [-0.1, -0.05) is 214 Å². The van der Waals surface area contributed by atoms with Gasteiger partial charge in [-0.25, -0.2) is 0 Å². The van der Waals surface area contributed by atoms with Gasteiger partial charge in [0.15, 0.2) is 0 Å². The summed E-state index contributed by atoms with van der Waals surface area (Å²) in [6.07, 6.45) is 35.8. The molecule has 0 saturated carbocycles. The van der Waals surface area contributed by atoms with Gasteiger partial charge in [-0.2, -0.15) is 0 Å². The Hall–Kier alpha value is -5.46. The molecule has 4 aromatic rings. The fraction of sp³-hybridized carbons (Fsp3) is 0.160. The van der Waals surface area contributed by atoms with Crippen LogP contribution in [0.15, 0.2) is 189 Å². The van der Waals surface area contributed by atoms with E-state index in [2.05, 4.69) is 155 Å². The molecule has 254 valence electrons. The van der Waals surface area contributed by atoms with Gasteiger partial charge in [-0.3, -0.25) is 0 Å². The van der Waals surface area contributed by atoms with Gasteiger partial charge in [0.05, 0.1) is 0 Å². The van der Waals surface area contributed by atoms with Crippen LogP contribution < -0.4 is 0 Å². The zero-order valence-corrected chi connectivity index (χ0v) is 30.9. The van der Waals surface area contributed by atoms with E-state index >= 15 is 0 Å². The quantitative estimate of drug-likeness (QED) is 0.149. The van der Waals surface area contributed by atoms with E-state index in [4.69, 9.17) is 0 Å². The Morgan fingerprint density at radius 3 is 1.74 bits per heavy atom. The lowest BCUT2D eigenvalue weighted by molar-refractivity contribution is 0.660. The van der Waals surface area contributed by atoms with Crippen LogP contribution >= 0.6 is 0 Å². The van der Waals surface area contributed by atoms with Gasteiger partial charge >= 0.3 is 0 Å². The SMILES string of the molecule is C/C=C\C=C/C/C=C\C=C/C.C=C/C=C\C=C/c1ccc2c(c1)C(C)(C)c1cc(-c3ccccc3/C=C\C=C\C)ccc1-2.Cc1ccccc1. The molecule has 0 spiro atoms. The average molecular weight is 655 g/mol. The number of hydrogen-bond donors (Lipinski definition) is 0. The lowest BCUT2D eigenvalue weighted by Crippen LogP contribution is -2.15. The smallest absolute Gasteiger partial charge is 0.0159 e. The van der Waals surface area contributed by atoms with Crippen molar-refractivity contribution in [1.29, 1.82) is 0 Å². The van der Waals surface area contributed by atoms with Crippen LogP contribution in [0, 0.1) is 6.92 Å². The monoisotopic (exact) mass is 654 g/mol. The van der Waals surface area contributed by atoms with Crippen molar-refractivity contribution in [2.45, 2.75) is 53.4 Å². The topological polar surface area (TPSA) is 0 Å². The average Bonchev–Trinajstić information content (AvgIpc) is 3.36. The molecule has 0 saturated heterocycles. The first-order valence-electron chi connectivity index (χ1n) is 17.6. The van der Waals surface area contributed by atoms with E-state index in [1.54, 1.807) is 6.08 Å². The van der Waals surface area contributed by atoms with E-state index in [1.807, 2.05) is 81.5 Å². The number of hydrogen-bond acceptors (Lipinski definition) is 0. The third-order valence-corrected chi connectivity index (χ3v) is 8.29. The third kappa shape index (κ3) is 11.9. The number of allylic oxidation sites excluding steroid dienone is 15. The highest BCUT2D eigenvalue weighted by molar-refractivity contribution is 5.86. The molecule has 0 aliphatic heterocycles. The van der Waals surface area contributed by atoms with E-state index in [0.717, 1.165) is 6.42 Å². The van der Waals surface area contributed by atoms with Crippen LogP contribution in [-0.4, -0.2) is 0 Å². The molecule has 5 rings (SSSR count). The zero-order chi connectivity index (χ0) is 36.0. The van der Waals surface area contributed by atoms with E-state index in [0.29, 0.717) is 0 Å². The fourth-order valence-electron chi connectivity index (χ4n) is 5.66. The highest BCUT2D eigenvalue weighted by Gasteiger charge is 2.35. The molecular formula is C50H54. The summed E-state index contributed by atoms with van der Waals surface area (Å²) in [7, 11) is 0. The van der Waals surface area contributed by atoms with Crippen molar-refractivity contribution in [2.24, 2.45) is 0 Å². The van der Waals surface area contributed by atoms with Crippen LogP contribution in [0.25, 0.3) is 34.4 Å². The summed E-state index contributed by atoms with van der Waals surface area (Å²) in [6, 6.07) is 32.6. The summed E-state index contributed by atoms with van der Waals surface area (Å²) in [5.41, 5.74) is 11.7. The molecule has 0 atom stereocenters. The zero-order valence-electron chi connectivity index (χ0n) is 30.9. The summed E-state index contributed by atoms with van der Waals surface area (Å²) in [5.74, 6) is 0. The second-order valence-electron chi connectivity index (χ2n) is 12.4. The lowest BCUT2D eigenvalue weighted by atomic mass is 9.81. The predicted octanol–water partition coefficient (Wildman–Crippen LogP) is 14.6. The Bertz CT molecular complexity index is 1860. The van der Waals surface area contributed by atoms with E-state index in [-0.39, 0.29) is 5.41 Å². The maximum Gasteiger partial charge on any atom is 0.0159 e. The predicted molar refractivity (Wildman–Crippen MR) is 225 cm³/mol. The molecule has 50 heavy (non-hydrogen) atoms. The molecule has 0 nitrogen and oxygen atoms in total. The minimum Gasteiger partial charge on any atom is -0.0991 e. The largest absolute Gasteiger partial charge is 0.0991 e. The molecule has 0 amide bonds. The molecule has 4 aromatic carbocycles. The Kier molecular flexibility index (Phi) is 16.8. The fourth-order valence-corrected chi connectivity index (χ4v) is 5.66. The summed E-state index contributed by atoms with van der Waals surface area (Å²) in [5, 5.41) is 0. The summed E-state index contributed by atoms with van der Waals surface area (Å²) >= 11 is 0. The molecule has 0 heterocycles. The molecule has 0 bridgehead atoms. The summed E-state index contributed by atoms with van der Waals surface area (Å²) in [4.78, 5) is 0. The van der Waals surface area contributed by atoms with Crippen LogP contribution in [0.1, 0.15) is 68.9 Å². The van der Waals surface area contributed by atoms with Crippen molar-refractivity contribution in [1.82, 2.24) is 0 Å². The van der Waals surface area contributed by atoms with Gasteiger partial charge in [0, 0.05) is 5.41 Å². The molecular weight excluding hydrogens is 601 g/mol. The number of benzene rings is 4. The van der Waals surface area contributed by atoms with E-state index in [1.165, 1.54) is 50.1 Å². The minimum absolute atomic E-state index is 0.0444. The van der Waals surface area contributed by atoms with Crippen LogP contribution in [-0.2, 0) is 5.41 Å². The normalized spacial score (nSPS) is 13.5. The van der Waals surface area contributed by atoms with Crippen molar-refractivity contribution < 1.29 is 0 Å². The molecule has 0 radical (unpaired) electrons. The standard InChI is InChI=1S/C32H30.C11H16.C7H8/c1-5-7-9-11-14-24-18-20-28-29-21-19-26(23-31(29)32(3,4)30(28)22-24)27-17-13-12-16-25(27)15-10-8-6-2;1-3-5-7-9-11-10-8-6-4-2;1-7-5-3-2-4-6-7/h5-23H,1H2,2-4H3;3-10H,11H2,1-2H3;2-6H,1H3/b8-6+,9-7-,14-11-,15-10-;5-3-,6-4-,9-7-,10-8-;. The molecule has 0 heteroatoms.